The number of aromatic nitrogens is 2. The van der Waals surface area contributed by atoms with Gasteiger partial charge in [-0.2, -0.15) is 0 Å². The highest BCUT2D eigenvalue weighted by Gasteiger charge is 2.34. The van der Waals surface area contributed by atoms with E-state index in [2.05, 4.69) is 15.3 Å². The van der Waals surface area contributed by atoms with Crippen molar-refractivity contribution in [2.75, 3.05) is 31.1 Å². The summed E-state index contributed by atoms with van der Waals surface area (Å²) in [6.07, 6.45) is 3.68. The van der Waals surface area contributed by atoms with Crippen LogP contribution in [0.4, 0.5) is 14.6 Å². The van der Waals surface area contributed by atoms with Gasteiger partial charge in [-0.15, -0.1) is 0 Å². The SMILES string of the molecule is FC1(F)CCN(c2ccnc(C3CCNCC3)n2)CC1. The molecule has 20 heavy (non-hydrogen) atoms. The molecule has 6 heteroatoms. The molecule has 1 aromatic heterocycles. The number of alkyl halides is 2. The first-order chi connectivity index (χ1) is 9.64. The lowest BCUT2D eigenvalue weighted by atomic mass is 9.97. The van der Waals surface area contributed by atoms with Crippen LogP contribution >= 0.6 is 0 Å². The molecule has 0 aliphatic carbocycles. The zero-order valence-corrected chi connectivity index (χ0v) is 11.5. The lowest BCUT2D eigenvalue weighted by Gasteiger charge is -2.33. The van der Waals surface area contributed by atoms with E-state index >= 15 is 0 Å². The molecule has 2 aliphatic rings. The molecule has 0 amide bonds. The van der Waals surface area contributed by atoms with Gasteiger partial charge in [0.15, 0.2) is 0 Å². The van der Waals surface area contributed by atoms with Crippen LogP contribution in [0.5, 0.6) is 0 Å². The summed E-state index contributed by atoms with van der Waals surface area (Å²) in [5.74, 6) is -0.464. The Morgan fingerprint density at radius 1 is 1.20 bits per heavy atom. The third-order valence-corrected chi connectivity index (χ3v) is 4.18. The van der Waals surface area contributed by atoms with E-state index in [1.165, 1.54) is 0 Å². The minimum atomic E-state index is -2.51. The van der Waals surface area contributed by atoms with Gasteiger partial charge >= 0.3 is 0 Å². The van der Waals surface area contributed by atoms with Crippen LogP contribution in [-0.4, -0.2) is 42.1 Å². The molecule has 1 aromatic rings. The molecule has 1 N–H and O–H groups in total. The van der Waals surface area contributed by atoms with E-state index in [4.69, 9.17) is 0 Å². The predicted octanol–water partition coefficient (Wildman–Crippen LogP) is 2.18. The molecule has 4 nitrogen and oxygen atoms in total. The summed E-state index contributed by atoms with van der Waals surface area (Å²) in [4.78, 5) is 10.9. The van der Waals surface area contributed by atoms with Crippen LogP contribution in [0, 0.1) is 0 Å². The van der Waals surface area contributed by atoms with Crippen molar-refractivity contribution < 1.29 is 8.78 Å². The van der Waals surface area contributed by atoms with E-state index in [1.807, 2.05) is 11.0 Å². The zero-order chi connectivity index (χ0) is 14.0. The topological polar surface area (TPSA) is 41.1 Å². The fourth-order valence-corrected chi connectivity index (χ4v) is 2.88. The quantitative estimate of drug-likeness (QED) is 0.902. The lowest BCUT2D eigenvalue weighted by molar-refractivity contribution is -0.0221. The molecule has 0 bridgehead atoms. The van der Waals surface area contributed by atoms with E-state index in [-0.39, 0.29) is 12.8 Å². The van der Waals surface area contributed by atoms with Crippen LogP contribution in [-0.2, 0) is 0 Å². The minimum absolute atomic E-state index is 0.0836. The number of hydrogen-bond donors (Lipinski definition) is 1. The molecule has 2 saturated heterocycles. The fraction of sp³-hybridized carbons (Fsp3) is 0.714. The van der Waals surface area contributed by atoms with E-state index in [0.29, 0.717) is 19.0 Å². The molecule has 3 heterocycles. The number of rotatable bonds is 2. The van der Waals surface area contributed by atoms with Gasteiger partial charge in [0.2, 0.25) is 0 Å². The average molecular weight is 282 g/mol. The van der Waals surface area contributed by atoms with Gasteiger partial charge in [-0.05, 0) is 32.0 Å². The summed E-state index contributed by atoms with van der Waals surface area (Å²) < 4.78 is 26.4. The van der Waals surface area contributed by atoms with E-state index < -0.39 is 5.92 Å². The van der Waals surface area contributed by atoms with Gasteiger partial charge in [0, 0.05) is 38.0 Å². The van der Waals surface area contributed by atoms with Crippen molar-refractivity contribution in [1.29, 1.82) is 0 Å². The Hall–Kier alpha value is -1.30. The summed E-state index contributed by atoms with van der Waals surface area (Å²) in [6, 6.07) is 1.83. The Kier molecular flexibility index (Phi) is 3.83. The third-order valence-electron chi connectivity index (χ3n) is 4.18. The van der Waals surface area contributed by atoms with Crippen molar-refractivity contribution in [2.24, 2.45) is 0 Å². The third kappa shape index (κ3) is 3.06. The highest BCUT2D eigenvalue weighted by Crippen LogP contribution is 2.30. The summed E-state index contributed by atoms with van der Waals surface area (Å²) in [7, 11) is 0. The molecule has 0 spiro atoms. The first-order valence-corrected chi connectivity index (χ1v) is 7.30. The number of halogens is 2. The van der Waals surface area contributed by atoms with Crippen molar-refractivity contribution in [3.05, 3.63) is 18.1 Å². The van der Waals surface area contributed by atoms with Crippen LogP contribution in [0.2, 0.25) is 0 Å². The van der Waals surface area contributed by atoms with Crippen molar-refractivity contribution >= 4 is 5.82 Å². The van der Waals surface area contributed by atoms with Crippen molar-refractivity contribution in [2.45, 2.75) is 37.5 Å². The van der Waals surface area contributed by atoms with Gasteiger partial charge in [0.25, 0.3) is 5.92 Å². The van der Waals surface area contributed by atoms with Crippen molar-refractivity contribution in [1.82, 2.24) is 15.3 Å². The first-order valence-electron chi connectivity index (χ1n) is 7.30. The molecule has 3 rings (SSSR count). The Balaban J connectivity index is 1.71. The smallest absolute Gasteiger partial charge is 0.251 e. The summed E-state index contributed by atoms with van der Waals surface area (Å²) >= 11 is 0. The Bertz CT molecular complexity index is 450. The van der Waals surface area contributed by atoms with Crippen molar-refractivity contribution in [3.63, 3.8) is 0 Å². The first kappa shape index (κ1) is 13.7. The molecule has 0 atom stereocenters. The Morgan fingerprint density at radius 2 is 1.90 bits per heavy atom. The normalized spacial score (nSPS) is 23.8. The predicted molar refractivity (Wildman–Crippen MR) is 73.3 cm³/mol. The maximum atomic E-state index is 13.2. The summed E-state index contributed by atoms with van der Waals surface area (Å²) in [5, 5.41) is 3.32. The van der Waals surface area contributed by atoms with Gasteiger partial charge in [-0.3, -0.25) is 0 Å². The fourth-order valence-electron chi connectivity index (χ4n) is 2.88. The second-order valence-electron chi connectivity index (χ2n) is 5.64. The number of nitrogens with one attached hydrogen (secondary N) is 1. The minimum Gasteiger partial charge on any atom is -0.356 e. The number of piperidine rings is 2. The molecular weight excluding hydrogens is 262 g/mol. The van der Waals surface area contributed by atoms with Gasteiger partial charge in [-0.25, -0.2) is 18.7 Å². The summed E-state index contributed by atoms with van der Waals surface area (Å²) in [6.45, 7) is 2.73. The van der Waals surface area contributed by atoms with E-state index in [1.54, 1.807) is 6.20 Å². The molecule has 0 radical (unpaired) electrons. The Morgan fingerprint density at radius 3 is 2.60 bits per heavy atom. The maximum absolute atomic E-state index is 13.2. The highest BCUT2D eigenvalue weighted by atomic mass is 19.3. The Labute approximate surface area is 117 Å². The van der Waals surface area contributed by atoms with E-state index in [9.17, 15) is 8.78 Å². The molecule has 0 unspecified atom stereocenters. The molecule has 2 aliphatic heterocycles. The van der Waals surface area contributed by atoms with Gasteiger partial charge in [0.05, 0.1) is 0 Å². The number of anilines is 1. The second kappa shape index (κ2) is 5.60. The van der Waals surface area contributed by atoms with Gasteiger partial charge < -0.3 is 10.2 Å². The van der Waals surface area contributed by atoms with Crippen LogP contribution < -0.4 is 10.2 Å². The van der Waals surface area contributed by atoms with Crippen LogP contribution in [0.15, 0.2) is 12.3 Å². The summed E-state index contributed by atoms with van der Waals surface area (Å²) in [5.41, 5.74) is 0. The number of nitrogens with zero attached hydrogens (tertiary/aromatic N) is 3. The second-order valence-corrected chi connectivity index (χ2v) is 5.64. The zero-order valence-electron chi connectivity index (χ0n) is 11.5. The van der Waals surface area contributed by atoms with E-state index in [0.717, 1.165) is 37.6 Å². The van der Waals surface area contributed by atoms with Crippen molar-refractivity contribution in [3.8, 4) is 0 Å². The van der Waals surface area contributed by atoms with Crippen LogP contribution in [0.25, 0.3) is 0 Å². The lowest BCUT2D eigenvalue weighted by Crippen LogP contribution is -2.40. The maximum Gasteiger partial charge on any atom is 0.251 e. The molecule has 0 aromatic carbocycles. The van der Waals surface area contributed by atoms with Gasteiger partial charge in [-0.1, -0.05) is 0 Å². The van der Waals surface area contributed by atoms with Crippen LogP contribution in [0.3, 0.4) is 0 Å². The molecular formula is C14H20F2N4. The van der Waals surface area contributed by atoms with Crippen LogP contribution in [0.1, 0.15) is 37.4 Å². The molecule has 2 fully saturated rings. The monoisotopic (exact) mass is 282 g/mol. The largest absolute Gasteiger partial charge is 0.356 e. The molecule has 110 valence electrons. The standard InChI is InChI=1S/C14H20F2N4/c15-14(16)4-9-20(10-5-14)12-3-8-18-13(19-12)11-1-6-17-7-2-11/h3,8,11,17H,1-2,4-7,9-10H2. The highest BCUT2D eigenvalue weighted by molar-refractivity contribution is 5.38. The van der Waals surface area contributed by atoms with Gasteiger partial charge in [0.1, 0.15) is 11.6 Å². The average Bonchev–Trinajstić information content (AvgIpc) is 2.48. The number of hydrogen-bond acceptors (Lipinski definition) is 4. The molecule has 0 saturated carbocycles.